The molecule has 30 heavy (non-hydrogen) atoms. The Morgan fingerprint density at radius 3 is 2.07 bits per heavy atom. The lowest BCUT2D eigenvalue weighted by atomic mass is 9.38. The number of hydrogen-bond acceptors (Lipinski definition) is 4. The lowest BCUT2D eigenvalue weighted by Crippen LogP contribution is -2.63. The highest BCUT2D eigenvalue weighted by Crippen LogP contribution is 2.77. The van der Waals surface area contributed by atoms with Gasteiger partial charge in [0, 0.05) is 24.7 Å². The van der Waals surface area contributed by atoms with E-state index in [1.54, 1.807) is 0 Å². The fraction of sp³-hybridized carbons (Fsp3) is 1.00. The van der Waals surface area contributed by atoms with Gasteiger partial charge in [-0.05, 0) is 85.9 Å². The number of rotatable bonds is 1. The van der Waals surface area contributed by atoms with E-state index in [0.29, 0.717) is 10.8 Å². The van der Waals surface area contributed by atoms with Gasteiger partial charge in [0.2, 0.25) is 0 Å². The Bertz CT molecular complexity index is 721. The van der Waals surface area contributed by atoms with E-state index in [0.717, 1.165) is 69.4 Å². The van der Waals surface area contributed by atoms with Crippen molar-refractivity contribution < 1.29 is 18.9 Å². The van der Waals surface area contributed by atoms with Gasteiger partial charge in [0.25, 0.3) is 0 Å². The number of ether oxygens (including phenoxy) is 4. The zero-order valence-corrected chi connectivity index (χ0v) is 19.0. The Balaban J connectivity index is 1.25. The molecule has 0 aromatic carbocycles. The molecule has 5 saturated carbocycles. The molecule has 0 radical (unpaired) electrons. The Labute approximate surface area is 181 Å². The topological polar surface area (TPSA) is 36.9 Å². The number of hydrogen-bond donors (Lipinski definition) is 0. The van der Waals surface area contributed by atoms with E-state index < -0.39 is 0 Å². The lowest BCUT2D eigenvalue weighted by molar-refractivity contribution is -0.281. The van der Waals surface area contributed by atoms with E-state index in [4.69, 9.17) is 18.9 Å². The molecule has 2 saturated heterocycles. The van der Waals surface area contributed by atoms with E-state index >= 15 is 0 Å². The summed E-state index contributed by atoms with van der Waals surface area (Å²) in [5, 5.41) is 0. The van der Waals surface area contributed by atoms with Crippen LogP contribution in [0, 0.1) is 39.9 Å². The summed E-state index contributed by atoms with van der Waals surface area (Å²) in [5.41, 5.74) is 1.12. The average Bonchev–Trinajstić information content (AvgIpc) is 3.17. The monoisotopic (exact) mass is 416 g/mol. The van der Waals surface area contributed by atoms with Crippen LogP contribution in [0.5, 0.6) is 0 Å². The SMILES string of the molecule is C[C@]12CC[C@@H]3C(CC[C@@]4(C)C3CCC43OCCO3)[C@@]1(C1CC1)CCC1(C2)OCCO1. The zero-order chi connectivity index (χ0) is 20.2. The molecular weight excluding hydrogens is 376 g/mol. The minimum absolute atomic E-state index is 0.219. The first-order valence-electron chi connectivity index (χ1n) is 13.0. The first-order valence-corrected chi connectivity index (χ1v) is 13.0. The van der Waals surface area contributed by atoms with E-state index in [1.165, 1.54) is 51.4 Å². The van der Waals surface area contributed by atoms with Crippen molar-refractivity contribution in [3.8, 4) is 0 Å². The van der Waals surface area contributed by atoms with Crippen LogP contribution in [0.3, 0.4) is 0 Å². The fourth-order valence-electron chi connectivity index (χ4n) is 10.5. The second-order valence-electron chi connectivity index (χ2n) is 12.5. The molecule has 6 atom stereocenters. The third-order valence-corrected chi connectivity index (χ3v) is 11.7. The van der Waals surface area contributed by atoms with Crippen molar-refractivity contribution in [2.24, 2.45) is 39.9 Å². The van der Waals surface area contributed by atoms with Crippen LogP contribution < -0.4 is 0 Å². The van der Waals surface area contributed by atoms with Crippen LogP contribution in [0.2, 0.25) is 0 Å². The van der Waals surface area contributed by atoms with Crippen molar-refractivity contribution in [1.29, 1.82) is 0 Å². The molecule has 5 aliphatic carbocycles. The Hall–Kier alpha value is -0.160. The van der Waals surface area contributed by atoms with Crippen LogP contribution in [0.25, 0.3) is 0 Å². The summed E-state index contributed by atoms with van der Waals surface area (Å²) < 4.78 is 25.3. The molecule has 7 aliphatic rings. The molecule has 0 aromatic rings. The van der Waals surface area contributed by atoms with Crippen molar-refractivity contribution in [2.45, 2.75) is 96.1 Å². The summed E-state index contributed by atoms with van der Waals surface area (Å²) in [7, 11) is 0. The molecule has 0 amide bonds. The first-order chi connectivity index (χ1) is 14.5. The fourth-order valence-corrected chi connectivity index (χ4v) is 10.5. The van der Waals surface area contributed by atoms with E-state index in [1.807, 2.05) is 0 Å². The maximum Gasteiger partial charge on any atom is 0.174 e. The third kappa shape index (κ3) is 2.18. The molecule has 2 spiro atoms. The highest BCUT2D eigenvalue weighted by molar-refractivity contribution is 5.19. The smallest absolute Gasteiger partial charge is 0.174 e. The van der Waals surface area contributed by atoms with Crippen molar-refractivity contribution >= 4 is 0 Å². The largest absolute Gasteiger partial charge is 0.348 e. The summed E-state index contributed by atoms with van der Waals surface area (Å²) in [4.78, 5) is 0. The van der Waals surface area contributed by atoms with E-state index in [-0.39, 0.29) is 17.0 Å². The van der Waals surface area contributed by atoms with Crippen molar-refractivity contribution in [3.05, 3.63) is 0 Å². The summed E-state index contributed by atoms with van der Waals surface area (Å²) in [6.07, 6.45) is 14.4. The molecule has 7 rings (SSSR count). The zero-order valence-electron chi connectivity index (χ0n) is 19.0. The van der Waals surface area contributed by atoms with Gasteiger partial charge in [-0.15, -0.1) is 0 Å². The summed E-state index contributed by atoms with van der Waals surface area (Å²) in [5.74, 6) is 2.96. The predicted molar refractivity (Wildman–Crippen MR) is 113 cm³/mol. The molecule has 0 aromatic heterocycles. The first kappa shape index (κ1) is 19.3. The van der Waals surface area contributed by atoms with Gasteiger partial charge in [0.05, 0.1) is 26.4 Å². The van der Waals surface area contributed by atoms with Gasteiger partial charge in [-0.3, -0.25) is 0 Å². The third-order valence-electron chi connectivity index (χ3n) is 11.7. The average molecular weight is 417 g/mol. The van der Waals surface area contributed by atoms with Gasteiger partial charge in [0.1, 0.15) is 0 Å². The van der Waals surface area contributed by atoms with Crippen LogP contribution in [-0.4, -0.2) is 38.0 Å². The standard InChI is InChI=1S/C26H40O4/c1-22-8-5-19-20-7-10-26(29-15-16-30-26)23(20,2)9-6-21(19)25(22,18-3-4-18)12-11-24(17-22)27-13-14-28-24/h18-21H,3-17H2,1-2H3/t19-,20?,21?,22+,23-,25-/m0/s1. The minimum atomic E-state index is -0.266. The normalized spacial score (nSPS) is 53.6. The van der Waals surface area contributed by atoms with Crippen molar-refractivity contribution in [1.82, 2.24) is 0 Å². The Kier molecular flexibility index (Phi) is 3.89. The second kappa shape index (κ2) is 6.04. The Morgan fingerprint density at radius 2 is 1.33 bits per heavy atom. The molecule has 2 aliphatic heterocycles. The molecule has 168 valence electrons. The molecule has 4 heteroatoms. The van der Waals surface area contributed by atoms with Crippen molar-refractivity contribution in [2.75, 3.05) is 26.4 Å². The number of fused-ring (bicyclic) bond motifs is 6. The van der Waals surface area contributed by atoms with Crippen LogP contribution in [0.4, 0.5) is 0 Å². The van der Waals surface area contributed by atoms with Gasteiger partial charge in [-0.2, -0.15) is 0 Å². The summed E-state index contributed by atoms with van der Waals surface area (Å²) >= 11 is 0. The maximum absolute atomic E-state index is 6.37. The summed E-state index contributed by atoms with van der Waals surface area (Å²) in [6.45, 7) is 8.34. The highest BCUT2D eigenvalue weighted by atomic mass is 16.7. The van der Waals surface area contributed by atoms with Gasteiger partial charge < -0.3 is 18.9 Å². The van der Waals surface area contributed by atoms with E-state index in [9.17, 15) is 0 Å². The summed E-state index contributed by atoms with van der Waals surface area (Å²) in [6, 6.07) is 0. The molecule has 0 N–H and O–H groups in total. The lowest BCUT2D eigenvalue weighted by Gasteiger charge is -2.68. The van der Waals surface area contributed by atoms with Crippen LogP contribution in [-0.2, 0) is 18.9 Å². The van der Waals surface area contributed by atoms with Crippen LogP contribution in [0.1, 0.15) is 84.5 Å². The van der Waals surface area contributed by atoms with Gasteiger partial charge in [-0.1, -0.05) is 13.8 Å². The Morgan fingerprint density at radius 1 is 0.633 bits per heavy atom. The van der Waals surface area contributed by atoms with Crippen LogP contribution in [0.15, 0.2) is 0 Å². The van der Waals surface area contributed by atoms with Crippen molar-refractivity contribution in [3.63, 3.8) is 0 Å². The molecular formula is C26H40O4. The molecule has 2 unspecified atom stereocenters. The van der Waals surface area contributed by atoms with Gasteiger partial charge >= 0.3 is 0 Å². The second-order valence-corrected chi connectivity index (χ2v) is 12.5. The van der Waals surface area contributed by atoms with E-state index in [2.05, 4.69) is 13.8 Å². The minimum Gasteiger partial charge on any atom is -0.348 e. The van der Waals surface area contributed by atoms with Crippen LogP contribution >= 0.6 is 0 Å². The maximum atomic E-state index is 6.37. The predicted octanol–water partition coefficient (Wildman–Crippen LogP) is 5.30. The molecule has 0 bridgehead atoms. The highest BCUT2D eigenvalue weighted by Gasteiger charge is 2.73. The van der Waals surface area contributed by atoms with Gasteiger partial charge in [-0.25, -0.2) is 0 Å². The molecule has 2 heterocycles. The quantitative estimate of drug-likeness (QED) is 0.582. The van der Waals surface area contributed by atoms with Gasteiger partial charge in [0.15, 0.2) is 11.6 Å². The molecule has 4 nitrogen and oxygen atoms in total. The molecule has 7 fully saturated rings.